The molecule has 1 heteroatoms. The Hall–Kier alpha value is -3.84. The predicted octanol–water partition coefficient (Wildman–Crippen LogP) is 7.98. The average molecular weight is 384 g/mol. The molecule has 0 radical (unpaired) electrons. The van der Waals surface area contributed by atoms with Gasteiger partial charge in [0.2, 0.25) is 0 Å². The van der Waals surface area contributed by atoms with E-state index in [0.29, 0.717) is 0 Å². The van der Waals surface area contributed by atoms with E-state index in [-0.39, 0.29) is 0 Å². The molecule has 0 saturated carbocycles. The van der Waals surface area contributed by atoms with Crippen LogP contribution in [-0.4, -0.2) is 7.11 Å². The van der Waals surface area contributed by atoms with Gasteiger partial charge in [-0.1, -0.05) is 84.9 Å². The second-order valence-corrected chi connectivity index (χ2v) is 7.75. The molecule has 0 atom stereocenters. The molecule has 0 amide bonds. The molecule has 6 aromatic rings. The highest BCUT2D eigenvalue weighted by Crippen LogP contribution is 2.42. The van der Waals surface area contributed by atoms with Crippen LogP contribution in [0.2, 0.25) is 0 Å². The van der Waals surface area contributed by atoms with Gasteiger partial charge in [-0.25, -0.2) is 0 Å². The summed E-state index contributed by atoms with van der Waals surface area (Å²) in [6.07, 6.45) is 0. The Morgan fingerprint density at radius 1 is 0.500 bits per heavy atom. The van der Waals surface area contributed by atoms with Crippen molar-refractivity contribution >= 4 is 43.1 Å². The fraction of sp³-hybridized carbons (Fsp3) is 0.0345. The third-order valence-corrected chi connectivity index (χ3v) is 6.11. The highest BCUT2D eigenvalue weighted by Gasteiger charge is 2.14. The largest absolute Gasteiger partial charge is 0.497 e. The van der Waals surface area contributed by atoms with Gasteiger partial charge in [-0.3, -0.25) is 0 Å². The molecule has 0 spiro atoms. The van der Waals surface area contributed by atoms with E-state index in [1.165, 1.54) is 54.2 Å². The van der Waals surface area contributed by atoms with Crippen LogP contribution >= 0.6 is 0 Å². The predicted molar refractivity (Wildman–Crippen MR) is 128 cm³/mol. The molecule has 1 nitrogen and oxygen atoms in total. The third-order valence-electron chi connectivity index (χ3n) is 6.11. The zero-order valence-electron chi connectivity index (χ0n) is 16.7. The van der Waals surface area contributed by atoms with E-state index in [9.17, 15) is 0 Å². The summed E-state index contributed by atoms with van der Waals surface area (Å²) in [7, 11) is 1.73. The Morgan fingerprint density at radius 3 is 2.07 bits per heavy atom. The number of methoxy groups -OCH3 is 1. The van der Waals surface area contributed by atoms with E-state index in [0.717, 1.165) is 5.75 Å². The van der Waals surface area contributed by atoms with E-state index < -0.39 is 0 Å². The minimum atomic E-state index is 0.885. The minimum Gasteiger partial charge on any atom is -0.497 e. The van der Waals surface area contributed by atoms with Crippen molar-refractivity contribution in [1.82, 2.24) is 0 Å². The van der Waals surface area contributed by atoms with Crippen LogP contribution in [0.5, 0.6) is 5.75 Å². The Labute approximate surface area is 175 Å². The number of benzene rings is 6. The lowest BCUT2D eigenvalue weighted by Crippen LogP contribution is -1.89. The summed E-state index contributed by atoms with van der Waals surface area (Å²) in [6.45, 7) is 0. The van der Waals surface area contributed by atoms with Crippen LogP contribution in [0, 0.1) is 0 Å². The first-order valence-electron chi connectivity index (χ1n) is 10.2. The highest BCUT2D eigenvalue weighted by atomic mass is 16.5. The molecule has 0 aliphatic rings. The van der Waals surface area contributed by atoms with Gasteiger partial charge >= 0.3 is 0 Å². The molecule has 0 N–H and O–H groups in total. The molecule has 0 aromatic heterocycles. The fourth-order valence-electron chi connectivity index (χ4n) is 4.70. The summed E-state index contributed by atoms with van der Waals surface area (Å²) in [4.78, 5) is 0. The van der Waals surface area contributed by atoms with Crippen molar-refractivity contribution in [2.45, 2.75) is 0 Å². The molecule has 0 unspecified atom stereocenters. The maximum atomic E-state index is 5.56. The second kappa shape index (κ2) is 6.60. The molecule has 30 heavy (non-hydrogen) atoms. The zero-order valence-corrected chi connectivity index (χ0v) is 16.7. The molecule has 142 valence electrons. The van der Waals surface area contributed by atoms with Crippen molar-refractivity contribution in [3.8, 4) is 16.9 Å². The maximum Gasteiger partial charge on any atom is 0.119 e. The first-order valence-corrected chi connectivity index (χ1v) is 10.2. The van der Waals surface area contributed by atoms with E-state index in [1.54, 1.807) is 7.11 Å². The number of fused-ring (bicyclic) bond motifs is 7. The minimum absolute atomic E-state index is 0.885. The summed E-state index contributed by atoms with van der Waals surface area (Å²) >= 11 is 0. The molecule has 6 rings (SSSR count). The molecular formula is C29H20O. The summed E-state index contributed by atoms with van der Waals surface area (Å²) in [5, 5.41) is 10.1. The quantitative estimate of drug-likeness (QED) is 0.275. The summed E-state index contributed by atoms with van der Waals surface area (Å²) in [6, 6.07) is 37.0. The van der Waals surface area contributed by atoms with Crippen molar-refractivity contribution in [3.63, 3.8) is 0 Å². The van der Waals surface area contributed by atoms with Gasteiger partial charge < -0.3 is 4.74 Å². The van der Waals surface area contributed by atoms with Gasteiger partial charge in [-0.2, -0.15) is 0 Å². The molecule has 0 bridgehead atoms. The van der Waals surface area contributed by atoms with Crippen molar-refractivity contribution in [1.29, 1.82) is 0 Å². The van der Waals surface area contributed by atoms with Crippen LogP contribution in [-0.2, 0) is 0 Å². The van der Waals surface area contributed by atoms with Crippen molar-refractivity contribution in [2.24, 2.45) is 0 Å². The van der Waals surface area contributed by atoms with Crippen LogP contribution in [0.4, 0.5) is 0 Å². The normalized spacial score (nSPS) is 11.5. The summed E-state index contributed by atoms with van der Waals surface area (Å²) < 4.78 is 5.56. The Kier molecular flexibility index (Phi) is 3.75. The van der Waals surface area contributed by atoms with Gasteiger partial charge in [-0.05, 0) is 72.4 Å². The lowest BCUT2D eigenvalue weighted by molar-refractivity contribution is 0.415. The average Bonchev–Trinajstić information content (AvgIpc) is 2.83. The van der Waals surface area contributed by atoms with Gasteiger partial charge in [0.1, 0.15) is 5.75 Å². The van der Waals surface area contributed by atoms with E-state index >= 15 is 0 Å². The number of rotatable bonds is 2. The zero-order chi connectivity index (χ0) is 20.1. The SMILES string of the molecule is COc1ccc2ccc3cc(-c4ccccc4)c4ccc5ccccc5c4c3c2c1. The summed E-state index contributed by atoms with van der Waals surface area (Å²) in [5.74, 6) is 0.885. The number of hydrogen-bond donors (Lipinski definition) is 0. The van der Waals surface area contributed by atoms with E-state index in [2.05, 4.69) is 97.1 Å². The summed E-state index contributed by atoms with van der Waals surface area (Å²) in [5.41, 5.74) is 2.51. The van der Waals surface area contributed by atoms with Crippen LogP contribution < -0.4 is 4.74 Å². The highest BCUT2D eigenvalue weighted by molar-refractivity contribution is 6.30. The van der Waals surface area contributed by atoms with Gasteiger partial charge in [0.15, 0.2) is 0 Å². The Balaban J connectivity index is 1.91. The van der Waals surface area contributed by atoms with Gasteiger partial charge in [-0.15, -0.1) is 0 Å². The third kappa shape index (κ3) is 2.49. The molecule has 0 fully saturated rings. The lowest BCUT2D eigenvalue weighted by Gasteiger charge is -2.16. The van der Waals surface area contributed by atoms with Gasteiger partial charge in [0.05, 0.1) is 7.11 Å². The molecule has 6 aromatic carbocycles. The van der Waals surface area contributed by atoms with Crippen LogP contribution in [0.3, 0.4) is 0 Å². The fourth-order valence-corrected chi connectivity index (χ4v) is 4.70. The topological polar surface area (TPSA) is 9.23 Å². The van der Waals surface area contributed by atoms with Crippen LogP contribution in [0.25, 0.3) is 54.2 Å². The lowest BCUT2D eigenvalue weighted by atomic mass is 9.88. The molecule has 0 heterocycles. The second-order valence-electron chi connectivity index (χ2n) is 7.75. The van der Waals surface area contributed by atoms with Crippen molar-refractivity contribution in [3.05, 3.63) is 103 Å². The Morgan fingerprint density at radius 2 is 1.20 bits per heavy atom. The molecule has 0 aliphatic heterocycles. The smallest absolute Gasteiger partial charge is 0.119 e. The van der Waals surface area contributed by atoms with Gasteiger partial charge in [0, 0.05) is 0 Å². The molecule has 0 saturated heterocycles. The first-order chi connectivity index (χ1) is 14.8. The molecular weight excluding hydrogens is 364 g/mol. The van der Waals surface area contributed by atoms with Crippen molar-refractivity contribution in [2.75, 3.05) is 7.11 Å². The van der Waals surface area contributed by atoms with Crippen LogP contribution in [0.1, 0.15) is 0 Å². The van der Waals surface area contributed by atoms with Crippen LogP contribution in [0.15, 0.2) is 103 Å². The number of hydrogen-bond acceptors (Lipinski definition) is 1. The Bertz CT molecular complexity index is 1560. The van der Waals surface area contributed by atoms with E-state index in [4.69, 9.17) is 4.74 Å². The maximum absolute atomic E-state index is 5.56. The standard InChI is InChI=1S/C29H20O/c1-30-23-15-13-21-11-12-22-17-26(19-7-3-2-4-8-19)25-16-14-20-9-5-6-10-24(20)29(25)28(22)27(21)18-23/h2-18H,1H3. The van der Waals surface area contributed by atoms with E-state index in [1.807, 2.05) is 6.07 Å². The number of ether oxygens (including phenoxy) is 1. The molecule has 0 aliphatic carbocycles. The van der Waals surface area contributed by atoms with Crippen molar-refractivity contribution < 1.29 is 4.74 Å². The monoisotopic (exact) mass is 384 g/mol. The van der Waals surface area contributed by atoms with Gasteiger partial charge in [0.25, 0.3) is 0 Å². The first kappa shape index (κ1) is 17.1.